The van der Waals surface area contributed by atoms with E-state index in [2.05, 4.69) is 63.2 Å². The van der Waals surface area contributed by atoms with Crippen molar-refractivity contribution in [2.75, 3.05) is 0 Å². The Morgan fingerprint density at radius 3 is 2.11 bits per heavy atom. The number of rotatable bonds is 3. The summed E-state index contributed by atoms with van der Waals surface area (Å²) in [4.78, 5) is 4.56. The van der Waals surface area contributed by atoms with Crippen molar-refractivity contribution in [3.8, 4) is 0 Å². The van der Waals surface area contributed by atoms with Gasteiger partial charge >= 0.3 is 0 Å². The summed E-state index contributed by atoms with van der Waals surface area (Å²) in [7, 11) is 0. The van der Waals surface area contributed by atoms with Crippen LogP contribution in [0, 0.1) is 0 Å². The van der Waals surface area contributed by atoms with Gasteiger partial charge in [-0.3, -0.25) is 4.98 Å². The van der Waals surface area contributed by atoms with Crippen LogP contribution in [0.1, 0.15) is 76.2 Å². The number of hydrogen-bond acceptors (Lipinski definition) is 1. The molecule has 0 saturated heterocycles. The molecular weight excluding hydrogens is 220 g/mol. The van der Waals surface area contributed by atoms with E-state index in [4.69, 9.17) is 0 Å². The molecule has 0 aliphatic carbocycles. The van der Waals surface area contributed by atoms with Crippen molar-refractivity contribution in [1.29, 1.82) is 0 Å². The lowest BCUT2D eigenvalue weighted by Crippen LogP contribution is -2.02. The maximum atomic E-state index is 4.56. The van der Waals surface area contributed by atoms with Gasteiger partial charge in [0, 0.05) is 18.1 Å². The Morgan fingerprint density at radius 1 is 0.944 bits per heavy atom. The van der Waals surface area contributed by atoms with E-state index in [-0.39, 0.29) is 0 Å². The first kappa shape index (κ1) is 13.1. The third-order valence-corrected chi connectivity index (χ3v) is 3.51. The maximum Gasteiger partial charge on any atom is 0.0674 e. The van der Waals surface area contributed by atoms with E-state index in [1.807, 2.05) is 6.20 Å². The van der Waals surface area contributed by atoms with E-state index in [1.165, 1.54) is 22.5 Å². The standard InChI is InChI=1S/C16H24N2/c1-10(2)13-9-14-15(11(3)4)17-7-8-18(14)16(13)12(5)6/h7-12H,1-6H3. The Bertz CT molecular complexity index is 547. The summed E-state index contributed by atoms with van der Waals surface area (Å²) in [6, 6.07) is 2.34. The van der Waals surface area contributed by atoms with E-state index in [0.717, 1.165) is 0 Å². The van der Waals surface area contributed by atoms with Crippen molar-refractivity contribution in [3.63, 3.8) is 0 Å². The average Bonchev–Trinajstić information content (AvgIpc) is 2.67. The minimum Gasteiger partial charge on any atom is -0.317 e. The second kappa shape index (κ2) is 4.75. The lowest BCUT2D eigenvalue weighted by Gasteiger charge is -2.13. The first-order chi connectivity index (χ1) is 8.43. The quantitative estimate of drug-likeness (QED) is 0.764. The largest absolute Gasteiger partial charge is 0.317 e. The van der Waals surface area contributed by atoms with Crippen molar-refractivity contribution >= 4 is 5.52 Å². The number of nitrogens with zero attached hydrogens (tertiary/aromatic N) is 2. The molecule has 98 valence electrons. The smallest absolute Gasteiger partial charge is 0.0674 e. The summed E-state index contributed by atoms with van der Waals surface area (Å²) < 4.78 is 2.34. The van der Waals surface area contributed by atoms with Crippen LogP contribution >= 0.6 is 0 Å². The Hall–Kier alpha value is -1.31. The molecule has 2 heteroatoms. The molecule has 0 saturated carbocycles. The molecule has 2 nitrogen and oxygen atoms in total. The average molecular weight is 244 g/mol. The van der Waals surface area contributed by atoms with Crippen LogP contribution in [0.25, 0.3) is 5.52 Å². The van der Waals surface area contributed by atoms with Crippen molar-refractivity contribution in [3.05, 3.63) is 35.4 Å². The molecule has 0 aliphatic rings. The van der Waals surface area contributed by atoms with Gasteiger partial charge in [-0.05, 0) is 29.4 Å². The Kier molecular flexibility index (Phi) is 3.47. The minimum absolute atomic E-state index is 0.462. The van der Waals surface area contributed by atoms with Crippen LogP contribution in [-0.2, 0) is 0 Å². The van der Waals surface area contributed by atoms with Crippen LogP contribution < -0.4 is 0 Å². The van der Waals surface area contributed by atoms with Gasteiger partial charge in [0.25, 0.3) is 0 Å². The van der Waals surface area contributed by atoms with Gasteiger partial charge in [0.1, 0.15) is 0 Å². The molecule has 18 heavy (non-hydrogen) atoms. The predicted molar refractivity (Wildman–Crippen MR) is 77.5 cm³/mol. The Labute approximate surface area is 110 Å². The number of hydrogen-bond donors (Lipinski definition) is 0. The van der Waals surface area contributed by atoms with Crippen LogP contribution in [0.15, 0.2) is 18.5 Å². The molecule has 0 atom stereocenters. The summed E-state index contributed by atoms with van der Waals surface area (Å²) in [6.45, 7) is 13.5. The molecule has 0 aliphatic heterocycles. The van der Waals surface area contributed by atoms with Crippen LogP contribution in [0.4, 0.5) is 0 Å². The molecule has 2 heterocycles. The van der Waals surface area contributed by atoms with Crippen molar-refractivity contribution in [2.24, 2.45) is 0 Å². The van der Waals surface area contributed by atoms with Gasteiger partial charge in [0.15, 0.2) is 0 Å². The predicted octanol–water partition coefficient (Wildman–Crippen LogP) is 4.70. The highest BCUT2D eigenvalue weighted by atomic mass is 14.9. The molecule has 2 rings (SSSR count). The Morgan fingerprint density at radius 2 is 1.61 bits per heavy atom. The first-order valence-corrected chi connectivity index (χ1v) is 6.93. The topological polar surface area (TPSA) is 17.3 Å². The van der Waals surface area contributed by atoms with Crippen LogP contribution in [-0.4, -0.2) is 9.38 Å². The monoisotopic (exact) mass is 244 g/mol. The number of aromatic nitrogens is 2. The van der Waals surface area contributed by atoms with E-state index in [9.17, 15) is 0 Å². The fourth-order valence-corrected chi connectivity index (χ4v) is 2.68. The first-order valence-electron chi connectivity index (χ1n) is 6.93. The van der Waals surface area contributed by atoms with Gasteiger partial charge < -0.3 is 4.40 Å². The second-order valence-electron chi connectivity index (χ2n) is 6.02. The molecule has 0 radical (unpaired) electrons. The van der Waals surface area contributed by atoms with Crippen LogP contribution in [0.2, 0.25) is 0 Å². The van der Waals surface area contributed by atoms with Crippen LogP contribution in [0.5, 0.6) is 0 Å². The zero-order valence-electron chi connectivity index (χ0n) is 12.4. The molecule has 0 aromatic carbocycles. The van der Waals surface area contributed by atoms with Gasteiger partial charge in [-0.15, -0.1) is 0 Å². The van der Waals surface area contributed by atoms with Crippen LogP contribution in [0.3, 0.4) is 0 Å². The van der Waals surface area contributed by atoms with Crippen molar-refractivity contribution in [1.82, 2.24) is 9.38 Å². The molecule has 0 spiro atoms. The molecule has 2 aromatic heterocycles. The van der Waals surface area contributed by atoms with Gasteiger partial charge in [-0.2, -0.15) is 0 Å². The van der Waals surface area contributed by atoms with E-state index < -0.39 is 0 Å². The zero-order chi connectivity index (χ0) is 13.4. The van der Waals surface area contributed by atoms with Gasteiger partial charge in [-0.25, -0.2) is 0 Å². The maximum absolute atomic E-state index is 4.56. The molecule has 0 amide bonds. The summed E-state index contributed by atoms with van der Waals surface area (Å²) in [5.74, 6) is 1.55. The lowest BCUT2D eigenvalue weighted by molar-refractivity contribution is 0.751. The van der Waals surface area contributed by atoms with Gasteiger partial charge in [0.2, 0.25) is 0 Å². The highest BCUT2D eigenvalue weighted by molar-refractivity contribution is 5.59. The summed E-state index contributed by atoms with van der Waals surface area (Å²) in [6.07, 6.45) is 4.03. The highest BCUT2D eigenvalue weighted by Gasteiger charge is 2.18. The normalized spacial score (nSPS) is 12.3. The molecule has 0 bridgehead atoms. The molecule has 2 aromatic rings. The van der Waals surface area contributed by atoms with Crippen molar-refractivity contribution in [2.45, 2.75) is 59.3 Å². The molecule has 0 N–H and O–H groups in total. The second-order valence-corrected chi connectivity index (χ2v) is 6.02. The van der Waals surface area contributed by atoms with Gasteiger partial charge in [0.05, 0.1) is 11.2 Å². The summed E-state index contributed by atoms with van der Waals surface area (Å²) >= 11 is 0. The molecular formula is C16H24N2. The fraction of sp³-hybridized carbons (Fsp3) is 0.562. The minimum atomic E-state index is 0.462. The zero-order valence-corrected chi connectivity index (χ0v) is 12.4. The number of fused-ring (bicyclic) bond motifs is 1. The molecule has 0 unspecified atom stereocenters. The van der Waals surface area contributed by atoms with E-state index >= 15 is 0 Å². The third-order valence-electron chi connectivity index (χ3n) is 3.51. The third kappa shape index (κ3) is 2.05. The Balaban J connectivity index is 2.80. The SMILES string of the molecule is CC(C)c1cc2c(C(C)C)nccn2c1C(C)C. The van der Waals surface area contributed by atoms with E-state index in [1.54, 1.807) is 0 Å². The summed E-state index contributed by atoms with van der Waals surface area (Å²) in [5, 5.41) is 0. The fourth-order valence-electron chi connectivity index (χ4n) is 2.68. The van der Waals surface area contributed by atoms with Crippen molar-refractivity contribution < 1.29 is 0 Å². The lowest BCUT2D eigenvalue weighted by atomic mass is 9.97. The summed E-state index contributed by atoms with van der Waals surface area (Å²) in [5.41, 5.74) is 5.37. The van der Waals surface area contributed by atoms with Gasteiger partial charge in [-0.1, -0.05) is 41.5 Å². The highest BCUT2D eigenvalue weighted by Crippen LogP contribution is 2.32. The van der Waals surface area contributed by atoms with E-state index in [0.29, 0.717) is 17.8 Å². The molecule has 0 fully saturated rings.